The van der Waals surface area contributed by atoms with Crippen molar-refractivity contribution >= 4 is 17.9 Å². The molecule has 0 aromatic heterocycles. The first kappa shape index (κ1) is 22.8. The molecule has 3 aliphatic rings. The zero-order valence-corrected chi connectivity index (χ0v) is 18.8. The Labute approximate surface area is 179 Å². The summed E-state index contributed by atoms with van der Waals surface area (Å²) >= 11 is 0. The number of ether oxygens (including phenoxy) is 2. The lowest BCUT2D eigenvalue weighted by atomic mass is 9.67. The Balaban J connectivity index is 1.83. The highest BCUT2D eigenvalue weighted by molar-refractivity contribution is 5.96. The quantitative estimate of drug-likeness (QED) is 0.355. The smallest absolute Gasteiger partial charge is 0.317 e. The van der Waals surface area contributed by atoms with E-state index in [1.807, 2.05) is 20.8 Å². The highest BCUT2D eigenvalue weighted by atomic mass is 16.6. The number of fused-ring (bicyclic) bond motifs is 2. The van der Waals surface area contributed by atoms with Gasteiger partial charge >= 0.3 is 17.9 Å². The molecule has 8 unspecified atom stereocenters. The number of rotatable bonds is 8. The number of allylic oxidation sites excluding steroid dienone is 1. The summed E-state index contributed by atoms with van der Waals surface area (Å²) in [4.78, 5) is 36.9. The van der Waals surface area contributed by atoms with Gasteiger partial charge in [-0.2, -0.15) is 0 Å². The topological polar surface area (TPSA) is 89.9 Å². The summed E-state index contributed by atoms with van der Waals surface area (Å²) in [5, 5.41) is 9.41. The lowest BCUT2D eigenvalue weighted by Crippen LogP contribution is -2.36. The summed E-state index contributed by atoms with van der Waals surface area (Å²) in [5.41, 5.74) is -0.480. The molecule has 0 aromatic rings. The van der Waals surface area contributed by atoms with Crippen molar-refractivity contribution in [2.24, 2.45) is 47.3 Å². The number of hydrogen-bond donors (Lipinski definition) is 1. The van der Waals surface area contributed by atoms with E-state index in [4.69, 9.17) is 9.47 Å². The van der Waals surface area contributed by atoms with E-state index in [0.29, 0.717) is 36.4 Å². The third-order valence-corrected chi connectivity index (χ3v) is 7.52. The van der Waals surface area contributed by atoms with Crippen LogP contribution in [0.25, 0.3) is 0 Å². The van der Waals surface area contributed by atoms with Crippen molar-refractivity contribution in [1.29, 1.82) is 0 Å². The maximum Gasteiger partial charge on any atom is 0.317 e. The molecule has 2 aliphatic carbocycles. The van der Waals surface area contributed by atoms with E-state index in [9.17, 15) is 19.5 Å². The Morgan fingerprint density at radius 3 is 2.40 bits per heavy atom. The van der Waals surface area contributed by atoms with Crippen LogP contribution in [-0.2, 0) is 23.9 Å². The molecule has 6 nitrogen and oxygen atoms in total. The van der Waals surface area contributed by atoms with Gasteiger partial charge < -0.3 is 14.6 Å². The number of hydrogen-bond acceptors (Lipinski definition) is 5. The fourth-order valence-electron chi connectivity index (χ4n) is 6.14. The number of carbonyl (C=O) groups is 3. The lowest BCUT2D eigenvalue weighted by molar-refractivity contribution is -0.154. The molecule has 0 spiro atoms. The minimum atomic E-state index is -0.896. The number of cyclic esters (lactones) is 2. The fourth-order valence-corrected chi connectivity index (χ4v) is 6.14. The molecule has 2 bridgehead atoms. The van der Waals surface area contributed by atoms with Crippen molar-refractivity contribution in [2.45, 2.75) is 72.3 Å². The molecule has 1 heterocycles. The second kappa shape index (κ2) is 8.35. The maximum atomic E-state index is 12.7. The normalized spacial score (nSPS) is 35.2. The number of carbonyl (C=O) groups excluding carboxylic acids is 2. The molecule has 0 radical (unpaired) electrons. The summed E-state index contributed by atoms with van der Waals surface area (Å²) in [7, 11) is 0. The number of carboxylic acid groups (broad SMARTS) is 1. The third-order valence-electron chi connectivity index (χ3n) is 7.52. The summed E-state index contributed by atoms with van der Waals surface area (Å²) in [6, 6.07) is 0. The fraction of sp³-hybridized carbons (Fsp3) is 0.792. The lowest BCUT2D eigenvalue weighted by Gasteiger charge is -2.35. The monoisotopic (exact) mass is 420 g/mol. The van der Waals surface area contributed by atoms with Gasteiger partial charge in [0.2, 0.25) is 0 Å². The Morgan fingerprint density at radius 1 is 1.23 bits per heavy atom. The van der Waals surface area contributed by atoms with Crippen LogP contribution in [0.2, 0.25) is 0 Å². The average molecular weight is 421 g/mol. The van der Waals surface area contributed by atoms with Crippen molar-refractivity contribution in [1.82, 2.24) is 0 Å². The van der Waals surface area contributed by atoms with Crippen LogP contribution in [0.4, 0.5) is 0 Å². The van der Waals surface area contributed by atoms with Crippen molar-refractivity contribution in [3.8, 4) is 0 Å². The van der Waals surface area contributed by atoms with Gasteiger partial charge in [0, 0.05) is 5.92 Å². The Morgan fingerprint density at radius 2 is 1.87 bits per heavy atom. The molecule has 0 aromatic carbocycles. The van der Waals surface area contributed by atoms with Gasteiger partial charge in [-0.1, -0.05) is 20.4 Å². The van der Waals surface area contributed by atoms with E-state index in [0.717, 1.165) is 12.8 Å². The van der Waals surface area contributed by atoms with Crippen molar-refractivity contribution < 1.29 is 29.0 Å². The van der Waals surface area contributed by atoms with Crippen molar-refractivity contribution in [3.63, 3.8) is 0 Å². The van der Waals surface area contributed by atoms with Crippen LogP contribution in [0.1, 0.15) is 66.7 Å². The van der Waals surface area contributed by atoms with E-state index in [2.05, 4.69) is 13.5 Å². The zero-order chi connectivity index (χ0) is 22.4. The minimum Gasteiger partial charge on any atom is -0.493 e. The van der Waals surface area contributed by atoms with E-state index in [1.54, 1.807) is 6.92 Å². The van der Waals surface area contributed by atoms with Crippen LogP contribution >= 0.6 is 0 Å². The van der Waals surface area contributed by atoms with Crippen molar-refractivity contribution in [2.75, 3.05) is 0 Å². The summed E-state index contributed by atoms with van der Waals surface area (Å²) in [6.45, 7) is 13.6. The number of carboxylic acids is 1. The molecular formula is C24H36O6. The van der Waals surface area contributed by atoms with Crippen LogP contribution < -0.4 is 0 Å². The van der Waals surface area contributed by atoms with E-state index < -0.39 is 41.3 Å². The molecule has 6 heteroatoms. The number of aliphatic carboxylic acids is 1. The molecule has 168 valence electrons. The van der Waals surface area contributed by atoms with Gasteiger partial charge in [-0.25, -0.2) is 0 Å². The maximum absolute atomic E-state index is 12.7. The Bertz CT molecular complexity index is 718. The minimum absolute atomic E-state index is 0.169. The van der Waals surface area contributed by atoms with Gasteiger partial charge in [0.05, 0.1) is 23.5 Å². The predicted octanol–water partition coefficient (Wildman–Crippen LogP) is 4.43. The third kappa shape index (κ3) is 4.57. The Hall–Kier alpha value is -1.85. The van der Waals surface area contributed by atoms with E-state index in [-0.39, 0.29) is 11.8 Å². The Kier molecular flexibility index (Phi) is 6.35. The molecule has 3 rings (SSSR count). The van der Waals surface area contributed by atoms with Crippen LogP contribution in [-0.4, -0.2) is 28.6 Å². The molecule has 2 saturated carbocycles. The van der Waals surface area contributed by atoms with E-state index in [1.165, 1.54) is 6.42 Å². The highest BCUT2D eigenvalue weighted by Crippen LogP contribution is 2.57. The summed E-state index contributed by atoms with van der Waals surface area (Å²) in [5.74, 6) is -1.57. The van der Waals surface area contributed by atoms with Crippen LogP contribution in [0, 0.1) is 47.3 Å². The first-order valence-corrected chi connectivity index (χ1v) is 11.2. The average Bonchev–Trinajstić information content (AvgIpc) is 3.27. The molecule has 1 saturated heterocycles. The molecule has 30 heavy (non-hydrogen) atoms. The standard InChI is InChI=1S/C24H36O6/c1-12(21(25)26)9-17(14(3)30-24(4,5)6)11-18-20(23(28)29-22(18)27)19-13(2)15-7-8-16(19)10-15/h12-13,15-20H,3,7-11H2,1-2,4-6H3,(H,25,26). The zero-order valence-electron chi connectivity index (χ0n) is 18.8. The molecule has 3 fully saturated rings. The molecule has 1 aliphatic heterocycles. The second-order valence-electron chi connectivity index (χ2n) is 10.7. The van der Waals surface area contributed by atoms with Gasteiger partial charge in [-0.3, -0.25) is 14.4 Å². The first-order valence-electron chi connectivity index (χ1n) is 11.2. The largest absolute Gasteiger partial charge is 0.493 e. The highest BCUT2D eigenvalue weighted by Gasteiger charge is 2.57. The molecule has 1 N–H and O–H groups in total. The van der Waals surface area contributed by atoms with E-state index >= 15 is 0 Å². The van der Waals surface area contributed by atoms with Gasteiger partial charge in [-0.15, -0.1) is 0 Å². The van der Waals surface area contributed by atoms with Gasteiger partial charge in [0.15, 0.2) is 0 Å². The first-order chi connectivity index (χ1) is 13.9. The number of esters is 2. The summed E-state index contributed by atoms with van der Waals surface area (Å²) in [6.07, 6.45) is 4.10. The molecular weight excluding hydrogens is 384 g/mol. The second-order valence-corrected chi connectivity index (χ2v) is 10.7. The van der Waals surface area contributed by atoms with Crippen LogP contribution in [0.5, 0.6) is 0 Å². The molecule has 8 atom stereocenters. The predicted molar refractivity (Wildman–Crippen MR) is 111 cm³/mol. The van der Waals surface area contributed by atoms with Crippen molar-refractivity contribution in [3.05, 3.63) is 12.3 Å². The van der Waals surface area contributed by atoms with Crippen LogP contribution in [0.15, 0.2) is 12.3 Å². The van der Waals surface area contributed by atoms with Gasteiger partial charge in [-0.05, 0) is 76.5 Å². The van der Waals surface area contributed by atoms with Gasteiger partial charge in [0.1, 0.15) is 5.60 Å². The van der Waals surface area contributed by atoms with Crippen LogP contribution in [0.3, 0.4) is 0 Å². The van der Waals surface area contributed by atoms with Gasteiger partial charge in [0.25, 0.3) is 0 Å². The molecule has 0 amide bonds. The summed E-state index contributed by atoms with van der Waals surface area (Å²) < 4.78 is 11.1. The SMILES string of the molecule is C=C(OC(C)(C)C)C(CC(C)C(=O)O)CC1C(=O)OC(=O)C1C1C2CCC(C2)C1C.